The summed E-state index contributed by atoms with van der Waals surface area (Å²) in [6.07, 6.45) is 2.70. The fourth-order valence-electron chi connectivity index (χ4n) is 2.68. The van der Waals surface area contributed by atoms with Gasteiger partial charge in [0, 0.05) is 23.7 Å². The number of hydrogen-bond acceptors (Lipinski definition) is 5. The maximum atomic E-state index is 8.97. The molecule has 6 nitrogen and oxygen atoms in total. The van der Waals surface area contributed by atoms with Crippen LogP contribution < -0.4 is 4.74 Å². The second-order valence-corrected chi connectivity index (χ2v) is 6.07. The lowest BCUT2D eigenvalue weighted by Crippen LogP contribution is -2.15. The number of ether oxygens (including phenoxy) is 1. The molecule has 0 aliphatic heterocycles. The zero-order valence-electron chi connectivity index (χ0n) is 14.5. The van der Waals surface area contributed by atoms with Crippen LogP contribution in [0.3, 0.4) is 0 Å². The Kier molecular flexibility index (Phi) is 5.26. The SMILES string of the molecule is CN(C)CCCOc1ccc(-c2nn(CC#N)c3ncccc23)cc1. The molecule has 3 rings (SSSR count). The van der Waals surface area contributed by atoms with Gasteiger partial charge in [-0.25, -0.2) is 9.67 Å². The number of hydrogen-bond donors (Lipinski definition) is 0. The molecule has 2 aromatic heterocycles. The van der Waals surface area contributed by atoms with Crippen LogP contribution in [0.2, 0.25) is 0 Å². The molecule has 0 amide bonds. The molecule has 0 aliphatic carbocycles. The van der Waals surface area contributed by atoms with Gasteiger partial charge in [0.2, 0.25) is 0 Å². The van der Waals surface area contributed by atoms with E-state index in [0.717, 1.165) is 41.0 Å². The van der Waals surface area contributed by atoms with Crippen molar-refractivity contribution in [3.63, 3.8) is 0 Å². The van der Waals surface area contributed by atoms with Crippen LogP contribution in [0.15, 0.2) is 42.6 Å². The smallest absolute Gasteiger partial charge is 0.159 e. The van der Waals surface area contributed by atoms with Crippen LogP contribution in [0.25, 0.3) is 22.3 Å². The van der Waals surface area contributed by atoms with Crippen molar-refractivity contribution in [3.8, 4) is 23.1 Å². The summed E-state index contributed by atoms with van der Waals surface area (Å²) in [6.45, 7) is 1.88. The third kappa shape index (κ3) is 3.95. The topological polar surface area (TPSA) is 67.0 Å². The van der Waals surface area contributed by atoms with E-state index in [0.29, 0.717) is 6.61 Å². The molecule has 6 heteroatoms. The highest BCUT2D eigenvalue weighted by molar-refractivity contribution is 5.91. The average Bonchev–Trinajstić information content (AvgIpc) is 2.98. The zero-order valence-corrected chi connectivity index (χ0v) is 14.5. The van der Waals surface area contributed by atoms with Crippen LogP contribution in [0, 0.1) is 11.3 Å². The summed E-state index contributed by atoms with van der Waals surface area (Å²) < 4.78 is 7.41. The van der Waals surface area contributed by atoms with E-state index in [-0.39, 0.29) is 6.54 Å². The van der Waals surface area contributed by atoms with E-state index >= 15 is 0 Å². The molecule has 0 bridgehead atoms. The van der Waals surface area contributed by atoms with Crippen LogP contribution in [0.4, 0.5) is 0 Å². The van der Waals surface area contributed by atoms with Gasteiger partial charge >= 0.3 is 0 Å². The fraction of sp³-hybridized carbons (Fsp3) is 0.316. The standard InChI is InChI=1S/C19H21N5O/c1-23(2)12-4-14-25-16-8-6-15(7-9-16)18-17-5-3-11-21-19(17)24(22-18)13-10-20/h3,5-9,11H,4,12-14H2,1-2H3. The highest BCUT2D eigenvalue weighted by Gasteiger charge is 2.12. The molecular weight excluding hydrogens is 314 g/mol. The van der Waals surface area contributed by atoms with Crippen LogP contribution >= 0.6 is 0 Å². The van der Waals surface area contributed by atoms with Crippen molar-refractivity contribution >= 4 is 11.0 Å². The molecule has 3 aromatic rings. The van der Waals surface area contributed by atoms with Gasteiger partial charge in [-0.15, -0.1) is 0 Å². The quantitative estimate of drug-likeness (QED) is 0.621. The van der Waals surface area contributed by atoms with Crippen LogP contribution in [-0.4, -0.2) is 46.9 Å². The van der Waals surface area contributed by atoms with E-state index in [4.69, 9.17) is 10.00 Å². The molecule has 0 saturated heterocycles. The maximum absolute atomic E-state index is 8.97. The van der Waals surface area contributed by atoms with Crippen molar-refractivity contribution in [2.45, 2.75) is 13.0 Å². The average molecular weight is 335 g/mol. The van der Waals surface area contributed by atoms with Gasteiger partial charge in [-0.05, 0) is 56.9 Å². The molecule has 0 atom stereocenters. The molecule has 2 heterocycles. The van der Waals surface area contributed by atoms with Gasteiger partial charge in [-0.2, -0.15) is 10.4 Å². The number of aromatic nitrogens is 3. The van der Waals surface area contributed by atoms with Crippen LogP contribution in [0.5, 0.6) is 5.75 Å². The molecule has 0 saturated carbocycles. The van der Waals surface area contributed by atoms with Gasteiger partial charge in [0.15, 0.2) is 5.65 Å². The third-order valence-electron chi connectivity index (χ3n) is 3.87. The van der Waals surface area contributed by atoms with E-state index in [1.807, 2.05) is 36.4 Å². The molecule has 0 unspecified atom stereocenters. The van der Waals surface area contributed by atoms with E-state index in [9.17, 15) is 0 Å². The first kappa shape index (κ1) is 16.9. The maximum Gasteiger partial charge on any atom is 0.159 e. The highest BCUT2D eigenvalue weighted by atomic mass is 16.5. The summed E-state index contributed by atoms with van der Waals surface area (Å²) >= 11 is 0. The molecule has 0 aliphatic rings. The Morgan fingerprint density at radius 3 is 2.72 bits per heavy atom. The predicted molar refractivity (Wildman–Crippen MR) is 97.2 cm³/mol. The molecule has 0 fully saturated rings. The number of benzene rings is 1. The lowest BCUT2D eigenvalue weighted by molar-refractivity contribution is 0.281. The molecule has 0 radical (unpaired) electrons. The van der Waals surface area contributed by atoms with Crippen molar-refractivity contribution in [2.24, 2.45) is 0 Å². The Balaban J connectivity index is 1.78. The Hall–Kier alpha value is -2.91. The summed E-state index contributed by atoms with van der Waals surface area (Å²) in [4.78, 5) is 6.49. The van der Waals surface area contributed by atoms with Crippen LogP contribution in [-0.2, 0) is 6.54 Å². The summed E-state index contributed by atoms with van der Waals surface area (Å²) in [5, 5.41) is 14.5. The van der Waals surface area contributed by atoms with Crippen LogP contribution in [0.1, 0.15) is 6.42 Å². The van der Waals surface area contributed by atoms with Gasteiger partial charge in [0.05, 0.1) is 12.7 Å². The Labute approximate surface area is 147 Å². The van der Waals surface area contributed by atoms with E-state index < -0.39 is 0 Å². The first-order valence-electron chi connectivity index (χ1n) is 8.25. The summed E-state index contributed by atoms with van der Waals surface area (Å²) in [6, 6.07) is 13.9. The van der Waals surface area contributed by atoms with Crippen molar-refractivity contribution in [1.82, 2.24) is 19.7 Å². The lowest BCUT2D eigenvalue weighted by Gasteiger charge is -2.10. The number of fused-ring (bicyclic) bond motifs is 1. The first-order chi connectivity index (χ1) is 12.2. The monoisotopic (exact) mass is 335 g/mol. The second kappa shape index (κ2) is 7.77. The van der Waals surface area contributed by atoms with Gasteiger partial charge in [-0.3, -0.25) is 0 Å². The summed E-state index contributed by atoms with van der Waals surface area (Å²) in [5.41, 5.74) is 2.54. The predicted octanol–water partition coefficient (Wildman–Crippen LogP) is 2.95. The molecular formula is C19H21N5O. The number of nitriles is 1. The third-order valence-corrected chi connectivity index (χ3v) is 3.87. The Bertz CT molecular complexity index is 877. The largest absolute Gasteiger partial charge is 0.494 e. The molecule has 0 N–H and O–H groups in total. The first-order valence-corrected chi connectivity index (χ1v) is 8.25. The molecule has 1 aromatic carbocycles. The van der Waals surface area contributed by atoms with Crippen molar-refractivity contribution in [2.75, 3.05) is 27.2 Å². The van der Waals surface area contributed by atoms with Crippen molar-refractivity contribution < 1.29 is 4.74 Å². The zero-order chi connectivity index (χ0) is 17.6. The van der Waals surface area contributed by atoms with E-state index in [1.165, 1.54) is 0 Å². The minimum absolute atomic E-state index is 0.181. The molecule has 128 valence electrons. The fourth-order valence-corrected chi connectivity index (χ4v) is 2.68. The number of pyridine rings is 1. The number of nitrogens with zero attached hydrogens (tertiary/aromatic N) is 5. The Morgan fingerprint density at radius 1 is 1.20 bits per heavy atom. The van der Waals surface area contributed by atoms with Gasteiger partial charge < -0.3 is 9.64 Å². The van der Waals surface area contributed by atoms with E-state index in [1.54, 1.807) is 10.9 Å². The Morgan fingerprint density at radius 2 is 2.00 bits per heavy atom. The van der Waals surface area contributed by atoms with Gasteiger partial charge in [-0.1, -0.05) is 0 Å². The molecule has 25 heavy (non-hydrogen) atoms. The summed E-state index contributed by atoms with van der Waals surface area (Å²) in [5.74, 6) is 0.849. The highest BCUT2D eigenvalue weighted by Crippen LogP contribution is 2.28. The number of rotatable bonds is 7. The van der Waals surface area contributed by atoms with E-state index in [2.05, 4.69) is 35.1 Å². The lowest BCUT2D eigenvalue weighted by atomic mass is 10.1. The van der Waals surface area contributed by atoms with Crippen molar-refractivity contribution in [1.29, 1.82) is 5.26 Å². The minimum Gasteiger partial charge on any atom is -0.494 e. The van der Waals surface area contributed by atoms with Gasteiger partial charge in [0.1, 0.15) is 18.0 Å². The summed E-state index contributed by atoms with van der Waals surface area (Å²) in [7, 11) is 4.11. The van der Waals surface area contributed by atoms with Gasteiger partial charge in [0.25, 0.3) is 0 Å². The van der Waals surface area contributed by atoms with Crippen molar-refractivity contribution in [3.05, 3.63) is 42.6 Å². The normalized spacial score (nSPS) is 11.0. The minimum atomic E-state index is 0.181. The second-order valence-electron chi connectivity index (χ2n) is 6.07. The molecule has 0 spiro atoms.